The molecule has 2 aromatic rings. The third-order valence-electron chi connectivity index (χ3n) is 3.40. The van der Waals surface area contributed by atoms with Gasteiger partial charge in [0.2, 0.25) is 0 Å². The molecule has 1 aromatic heterocycles. The fourth-order valence-corrected chi connectivity index (χ4v) is 3.65. The van der Waals surface area contributed by atoms with Gasteiger partial charge in [-0.15, -0.1) is 11.3 Å². The highest BCUT2D eigenvalue weighted by Crippen LogP contribution is 2.27. The van der Waals surface area contributed by atoms with E-state index in [1.807, 2.05) is 0 Å². The van der Waals surface area contributed by atoms with Gasteiger partial charge in [-0.3, -0.25) is 11.3 Å². The van der Waals surface area contributed by atoms with E-state index in [2.05, 4.69) is 55.8 Å². The van der Waals surface area contributed by atoms with Crippen molar-refractivity contribution in [2.45, 2.75) is 39.7 Å². The van der Waals surface area contributed by atoms with E-state index in [-0.39, 0.29) is 6.04 Å². The van der Waals surface area contributed by atoms with Crippen LogP contribution in [0.3, 0.4) is 0 Å². The summed E-state index contributed by atoms with van der Waals surface area (Å²) in [5.41, 5.74) is 8.35. The molecule has 1 aromatic carbocycles. The molecule has 0 saturated carbocycles. The summed E-state index contributed by atoms with van der Waals surface area (Å²) in [7, 11) is 0. The van der Waals surface area contributed by atoms with Gasteiger partial charge in [0.15, 0.2) is 0 Å². The van der Waals surface area contributed by atoms with Crippen LogP contribution in [0.15, 0.2) is 29.6 Å². The van der Waals surface area contributed by atoms with Gasteiger partial charge in [0.05, 0.1) is 6.04 Å². The first-order valence-corrected chi connectivity index (χ1v) is 7.61. The van der Waals surface area contributed by atoms with E-state index in [4.69, 9.17) is 5.84 Å². The monoisotopic (exact) mass is 274 g/mol. The lowest BCUT2D eigenvalue weighted by atomic mass is 9.99. The molecule has 1 atom stereocenters. The van der Waals surface area contributed by atoms with Crippen LogP contribution in [0.1, 0.15) is 40.1 Å². The second-order valence-corrected chi connectivity index (χ2v) is 6.03. The number of benzene rings is 1. The summed E-state index contributed by atoms with van der Waals surface area (Å²) in [5.74, 6) is 5.77. The van der Waals surface area contributed by atoms with Crippen molar-refractivity contribution in [2.24, 2.45) is 5.84 Å². The quantitative estimate of drug-likeness (QED) is 0.645. The third-order valence-corrected chi connectivity index (χ3v) is 4.47. The molecule has 3 heteroatoms. The molecule has 2 nitrogen and oxygen atoms in total. The maximum atomic E-state index is 5.77. The molecule has 0 saturated heterocycles. The number of nitrogens with two attached hydrogens (primary N) is 1. The van der Waals surface area contributed by atoms with Crippen molar-refractivity contribution in [1.82, 2.24) is 5.43 Å². The third kappa shape index (κ3) is 3.44. The first kappa shape index (κ1) is 14.3. The number of thiophene rings is 1. The molecule has 0 bridgehead atoms. The van der Waals surface area contributed by atoms with Gasteiger partial charge in [-0.2, -0.15) is 0 Å². The minimum Gasteiger partial charge on any atom is -0.271 e. The summed E-state index contributed by atoms with van der Waals surface area (Å²) in [4.78, 5) is 1.36. The van der Waals surface area contributed by atoms with E-state index in [9.17, 15) is 0 Å². The molecular weight excluding hydrogens is 252 g/mol. The Labute approximate surface area is 119 Å². The van der Waals surface area contributed by atoms with Crippen LogP contribution >= 0.6 is 11.3 Å². The molecule has 0 aliphatic heterocycles. The second-order valence-electron chi connectivity index (χ2n) is 5.08. The van der Waals surface area contributed by atoms with Gasteiger partial charge in [-0.25, -0.2) is 0 Å². The van der Waals surface area contributed by atoms with Crippen molar-refractivity contribution in [3.63, 3.8) is 0 Å². The first-order chi connectivity index (χ1) is 9.13. The molecule has 0 amide bonds. The van der Waals surface area contributed by atoms with Gasteiger partial charge >= 0.3 is 0 Å². The highest BCUT2D eigenvalue weighted by atomic mass is 32.1. The molecule has 19 heavy (non-hydrogen) atoms. The maximum Gasteiger partial charge on any atom is 0.0596 e. The fraction of sp³-hybridized carbons (Fsp3) is 0.375. The molecule has 0 aliphatic rings. The number of hydrogen-bond acceptors (Lipinski definition) is 3. The normalized spacial score (nSPS) is 12.6. The highest BCUT2D eigenvalue weighted by Gasteiger charge is 2.15. The van der Waals surface area contributed by atoms with Crippen molar-refractivity contribution in [1.29, 1.82) is 0 Å². The molecule has 0 radical (unpaired) electrons. The zero-order chi connectivity index (χ0) is 13.8. The van der Waals surface area contributed by atoms with Gasteiger partial charge in [-0.05, 0) is 49.3 Å². The average molecular weight is 274 g/mol. The molecule has 102 valence electrons. The van der Waals surface area contributed by atoms with Crippen LogP contribution in [0.4, 0.5) is 0 Å². The predicted molar refractivity (Wildman–Crippen MR) is 83.4 cm³/mol. The number of rotatable bonds is 5. The standard InChI is InChI=1S/C16H22N2S/c1-4-14-5-6-19-16(14)15(18-17)10-13-8-11(2)7-12(3)9-13/h5-9,15,18H,4,10,17H2,1-3H3. The van der Waals surface area contributed by atoms with Crippen molar-refractivity contribution >= 4 is 11.3 Å². The van der Waals surface area contributed by atoms with E-state index >= 15 is 0 Å². The number of hydrazine groups is 1. The fourth-order valence-electron chi connectivity index (χ4n) is 2.60. The van der Waals surface area contributed by atoms with Gasteiger partial charge in [-0.1, -0.05) is 36.2 Å². The highest BCUT2D eigenvalue weighted by molar-refractivity contribution is 7.10. The maximum absolute atomic E-state index is 5.77. The van der Waals surface area contributed by atoms with Crippen LogP contribution in [-0.2, 0) is 12.8 Å². The van der Waals surface area contributed by atoms with Gasteiger partial charge < -0.3 is 0 Å². The summed E-state index contributed by atoms with van der Waals surface area (Å²) < 4.78 is 0. The van der Waals surface area contributed by atoms with Crippen molar-refractivity contribution in [3.8, 4) is 0 Å². The zero-order valence-electron chi connectivity index (χ0n) is 11.9. The Hall–Kier alpha value is -1.16. The lowest BCUT2D eigenvalue weighted by Gasteiger charge is -2.17. The van der Waals surface area contributed by atoms with Gasteiger partial charge in [0.1, 0.15) is 0 Å². The molecule has 1 unspecified atom stereocenters. The summed E-state index contributed by atoms with van der Waals surface area (Å²) in [6.45, 7) is 6.48. The Bertz CT molecular complexity index is 525. The lowest BCUT2D eigenvalue weighted by Crippen LogP contribution is -2.29. The Morgan fingerprint density at radius 3 is 2.47 bits per heavy atom. The zero-order valence-corrected chi connectivity index (χ0v) is 12.7. The van der Waals surface area contributed by atoms with Gasteiger partial charge in [0.25, 0.3) is 0 Å². The Morgan fingerprint density at radius 1 is 1.21 bits per heavy atom. The minimum atomic E-state index is 0.205. The molecule has 0 aliphatic carbocycles. The van der Waals surface area contributed by atoms with Crippen molar-refractivity contribution in [3.05, 3.63) is 56.8 Å². The summed E-state index contributed by atoms with van der Waals surface area (Å²) >= 11 is 1.79. The molecule has 0 fully saturated rings. The summed E-state index contributed by atoms with van der Waals surface area (Å²) in [5, 5.41) is 2.15. The Morgan fingerprint density at radius 2 is 1.89 bits per heavy atom. The summed E-state index contributed by atoms with van der Waals surface area (Å²) in [6, 6.07) is 9.10. The Balaban J connectivity index is 2.24. The first-order valence-electron chi connectivity index (χ1n) is 6.73. The van der Waals surface area contributed by atoms with Crippen LogP contribution in [0, 0.1) is 13.8 Å². The van der Waals surface area contributed by atoms with Crippen LogP contribution < -0.4 is 11.3 Å². The Kier molecular flexibility index (Phi) is 4.75. The van der Waals surface area contributed by atoms with Crippen LogP contribution in [0.5, 0.6) is 0 Å². The van der Waals surface area contributed by atoms with Crippen LogP contribution in [0.25, 0.3) is 0 Å². The number of nitrogens with one attached hydrogen (secondary N) is 1. The molecule has 3 N–H and O–H groups in total. The second kappa shape index (κ2) is 6.33. The van der Waals surface area contributed by atoms with Crippen LogP contribution in [-0.4, -0.2) is 0 Å². The van der Waals surface area contributed by atoms with Gasteiger partial charge in [0, 0.05) is 4.88 Å². The van der Waals surface area contributed by atoms with E-state index in [0.29, 0.717) is 0 Å². The van der Waals surface area contributed by atoms with E-state index < -0.39 is 0 Å². The molecule has 0 spiro atoms. The number of aryl methyl sites for hydroxylation is 3. The van der Waals surface area contributed by atoms with Crippen LogP contribution in [0.2, 0.25) is 0 Å². The number of hydrogen-bond donors (Lipinski definition) is 2. The SMILES string of the molecule is CCc1ccsc1C(Cc1cc(C)cc(C)c1)NN. The molecular formula is C16H22N2S. The van der Waals surface area contributed by atoms with E-state index in [0.717, 1.165) is 12.8 Å². The minimum absolute atomic E-state index is 0.205. The molecule has 2 rings (SSSR count). The smallest absolute Gasteiger partial charge is 0.0596 e. The topological polar surface area (TPSA) is 38.0 Å². The largest absolute Gasteiger partial charge is 0.271 e. The lowest BCUT2D eigenvalue weighted by molar-refractivity contribution is 0.557. The average Bonchev–Trinajstić information content (AvgIpc) is 2.82. The summed E-state index contributed by atoms with van der Waals surface area (Å²) in [6.07, 6.45) is 2.00. The predicted octanol–water partition coefficient (Wildman–Crippen LogP) is 3.67. The van der Waals surface area contributed by atoms with E-state index in [1.165, 1.54) is 27.1 Å². The van der Waals surface area contributed by atoms with E-state index in [1.54, 1.807) is 11.3 Å². The molecule has 1 heterocycles. The van der Waals surface area contributed by atoms with Crippen molar-refractivity contribution in [2.75, 3.05) is 0 Å². The van der Waals surface area contributed by atoms with Crippen molar-refractivity contribution < 1.29 is 0 Å².